The van der Waals surface area contributed by atoms with Crippen LogP contribution in [0.1, 0.15) is 25.7 Å². The molecule has 0 bridgehead atoms. The number of amides is 1. The molecule has 4 heteroatoms. The van der Waals surface area contributed by atoms with Crippen molar-refractivity contribution in [1.29, 1.82) is 0 Å². The SMILES string of the molecule is NCCCCCN1CC(Br)CC1=O. The van der Waals surface area contributed by atoms with Crippen molar-refractivity contribution in [2.24, 2.45) is 5.73 Å². The van der Waals surface area contributed by atoms with Crippen LogP contribution in [0.2, 0.25) is 0 Å². The third-order valence-electron chi connectivity index (χ3n) is 2.30. The number of unbranched alkanes of at least 4 members (excludes halogenated alkanes) is 2. The van der Waals surface area contributed by atoms with Crippen LogP contribution in [0.15, 0.2) is 0 Å². The van der Waals surface area contributed by atoms with Crippen LogP contribution < -0.4 is 5.73 Å². The van der Waals surface area contributed by atoms with Crippen molar-refractivity contribution in [2.45, 2.75) is 30.5 Å². The molecule has 0 aromatic heterocycles. The van der Waals surface area contributed by atoms with Crippen LogP contribution in [0, 0.1) is 0 Å². The zero-order chi connectivity index (χ0) is 9.68. The molecule has 0 aromatic carbocycles. The molecule has 0 aliphatic carbocycles. The first-order chi connectivity index (χ1) is 6.24. The number of nitrogens with two attached hydrogens (primary N) is 1. The van der Waals surface area contributed by atoms with E-state index in [0.717, 1.165) is 38.9 Å². The summed E-state index contributed by atoms with van der Waals surface area (Å²) in [6, 6.07) is 0. The number of hydrogen-bond acceptors (Lipinski definition) is 2. The lowest BCUT2D eigenvalue weighted by molar-refractivity contribution is -0.127. The number of nitrogens with zero attached hydrogens (tertiary/aromatic N) is 1. The number of carbonyl (C=O) groups is 1. The molecule has 1 amide bonds. The van der Waals surface area contributed by atoms with Gasteiger partial charge in [0.1, 0.15) is 0 Å². The summed E-state index contributed by atoms with van der Waals surface area (Å²) in [5.74, 6) is 0.287. The van der Waals surface area contributed by atoms with E-state index < -0.39 is 0 Å². The quantitative estimate of drug-likeness (QED) is 0.586. The molecular weight excluding hydrogens is 232 g/mol. The van der Waals surface area contributed by atoms with Gasteiger partial charge in [0.2, 0.25) is 5.91 Å². The molecule has 0 saturated carbocycles. The van der Waals surface area contributed by atoms with Gasteiger partial charge in [-0.25, -0.2) is 0 Å². The summed E-state index contributed by atoms with van der Waals surface area (Å²) in [6.45, 7) is 2.54. The molecule has 1 aliphatic heterocycles. The summed E-state index contributed by atoms with van der Waals surface area (Å²) in [4.78, 5) is 13.6. The number of hydrogen-bond donors (Lipinski definition) is 1. The highest BCUT2D eigenvalue weighted by Crippen LogP contribution is 2.18. The van der Waals surface area contributed by atoms with Crippen molar-refractivity contribution in [3.63, 3.8) is 0 Å². The largest absolute Gasteiger partial charge is 0.342 e. The molecule has 0 radical (unpaired) electrons. The van der Waals surface area contributed by atoms with E-state index >= 15 is 0 Å². The number of rotatable bonds is 5. The van der Waals surface area contributed by atoms with Gasteiger partial charge < -0.3 is 10.6 Å². The predicted molar refractivity (Wildman–Crippen MR) is 56.8 cm³/mol. The number of halogens is 1. The molecule has 0 spiro atoms. The van der Waals surface area contributed by atoms with Gasteiger partial charge in [-0.05, 0) is 19.4 Å². The van der Waals surface area contributed by atoms with E-state index in [2.05, 4.69) is 15.9 Å². The second kappa shape index (κ2) is 5.60. The third kappa shape index (κ3) is 3.65. The van der Waals surface area contributed by atoms with Gasteiger partial charge in [-0.1, -0.05) is 22.4 Å². The van der Waals surface area contributed by atoms with Gasteiger partial charge in [-0.2, -0.15) is 0 Å². The Bertz CT molecular complexity index is 175. The van der Waals surface area contributed by atoms with Gasteiger partial charge in [-0.15, -0.1) is 0 Å². The Morgan fingerprint density at radius 3 is 2.77 bits per heavy atom. The predicted octanol–water partition coefficient (Wildman–Crippen LogP) is 1.11. The Balaban J connectivity index is 2.11. The molecule has 3 nitrogen and oxygen atoms in total. The first-order valence-electron chi connectivity index (χ1n) is 4.86. The highest BCUT2D eigenvalue weighted by atomic mass is 79.9. The Labute approximate surface area is 87.8 Å². The first kappa shape index (κ1) is 11.0. The molecule has 13 heavy (non-hydrogen) atoms. The summed E-state index contributed by atoms with van der Waals surface area (Å²) in [7, 11) is 0. The van der Waals surface area contributed by atoms with E-state index in [1.165, 1.54) is 0 Å². The zero-order valence-corrected chi connectivity index (χ0v) is 9.42. The standard InChI is InChI=1S/C9H17BrN2O/c10-8-6-9(13)12(7-8)5-3-1-2-4-11/h8H,1-7,11H2. The Hall–Kier alpha value is -0.0900. The number of alkyl halides is 1. The van der Waals surface area contributed by atoms with Crippen LogP contribution in [0.5, 0.6) is 0 Å². The van der Waals surface area contributed by atoms with Crippen molar-refractivity contribution >= 4 is 21.8 Å². The monoisotopic (exact) mass is 248 g/mol. The normalized spacial score (nSPS) is 22.8. The average molecular weight is 249 g/mol. The Morgan fingerprint density at radius 2 is 2.23 bits per heavy atom. The molecule has 0 aromatic rings. The molecule has 1 saturated heterocycles. The molecular formula is C9H17BrN2O. The van der Waals surface area contributed by atoms with E-state index in [1.807, 2.05) is 4.90 Å². The lowest BCUT2D eigenvalue weighted by atomic mass is 10.2. The van der Waals surface area contributed by atoms with Gasteiger partial charge in [0.15, 0.2) is 0 Å². The van der Waals surface area contributed by atoms with Crippen LogP contribution in [0.25, 0.3) is 0 Å². The van der Waals surface area contributed by atoms with E-state index in [9.17, 15) is 4.79 Å². The van der Waals surface area contributed by atoms with Crippen LogP contribution in [-0.2, 0) is 4.79 Å². The Morgan fingerprint density at radius 1 is 1.46 bits per heavy atom. The fraction of sp³-hybridized carbons (Fsp3) is 0.889. The molecule has 1 aliphatic rings. The van der Waals surface area contributed by atoms with E-state index in [-0.39, 0.29) is 5.91 Å². The van der Waals surface area contributed by atoms with Crippen molar-refractivity contribution in [3.05, 3.63) is 0 Å². The van der Waals surface area contributed by atoms with Crippen molar-refractivity contribution in [3.8, 4) is 0 Å². The van der Waals surface area contributed by atoms with Crippen molar-refractivity contribution < 1.29 is 4.79 Å². The minimum absolute atomic E-state index is 0.287. The molecule has 1 rings (SSSR count). The van der Waals surface area contributed by atoms with Crippen LogP contribution in [-0.4, -0.2) is 35.3 Å². The fourth-order valence-corrected chi connectivity index (χ4v) is 2.19. The molecule has 1 fully saturated rings. The highest BCUT2D eigenvalue weighted by Gasteiger charge is 2.26. The van der Waals surface area contributed by atoms with Gasteiger partial charge in [-0.3, -0.25) is 4.79 Å². The first-order valence-corrected chi connectivity index (χ1v) is 5.77. The summed E-state index contributed by atoms with van der Waals surface area (Å²) >= 11 is 3.46. The van der Waals surface area contributed by atoms with Crippen molar-refractivity contribution in [2.75, 3.05) is 19.6 Å². The van der Waals surface area contributed by atoms with Crippen molar-refractivity contribution in [1.82, 2.24) is 4.90 Å². The van der Waals surface area contributed by atoms with Gasteiger partial charge >= 0.3 is 0 Å². The Kier molecular flexibility index (Phi) is 4.73. The minimum atomic E-state index is 0.287. The molecule has 1 unspecified atom stereocenters. The summed E-state index contributed by atoms with van der Waals surface area (Å²) in [6.07, 6.45) is 3.95. The third-order valence-corrected chi connectivity index (χ3v) is 2.91. The number of carbonyl (C=O) groups excluding carboxylic acids is 1. The summed E-state index contributed by atoms with van der Waals surface area (Å²) < 4.78 is 0. The maximum atomic E-state index is 11.3. The second-order valence-corrected chi connectivity index (χ2v) is 4.79. The minimum Gasteiger partial charge on any atom is -0.342 e. The van der Waals surface area contributed by atoms with E-state index in [1.54, 1.807) is 0 Å². The highest BCUT2D eigenvalue weighted by molar-refractivity contribution is 9.09. The van der Waals surface area contributed by atoms with Gasteiger partial charge in [0.05, 0.1) is 0 Å². The average Bonchev–Trinajstić information content (AvgIpc) is 2.39. The zero-order valence-electron chi connectivity index (χ0n) is 7.84. The topological polar surface area (TPSA) is 46.3 Å². The maximum Gasteiger partial charge on any atom is 0.223 e. The summed E-state index contributed by atoms with van der Waals surface area (Å²) in [5.41, 5.74) is 5.38. The lowest BCUT2D eigenvalue weighted by Gasteiger charge is -2.14. The lowest BCUT2D eigenvalue weighted by Crippen LogP contribution is -2.26. The number of likely N-dealkylation sites (tertiary alicyclic amines) is 1. The van der Waals surface area contributed by atoms with Crippen LogP contribution in [0.4, 0.5) is 0 Å². The fourth-order valence-electron chi connectivity index (χ4n) is 1.56. The van der Waals surface area contributed by atoms with E-state index in [0.29, 0.717) is 11.2 Å². The molecule has 76 valence electrons. The van der Waals surface area contributed by atoms with E-state index in [4.69, 9.17) is 5.73 Å². The second-order valence-electron chi connectivity index (χ2n) is 3.49. The van der Waals surface area contributed by atoms with Crippen LogP contribution in [0.3, 0.4) is 0 Å². The smallest absolute Gasteiger partial charge is 0.223 e. The molecule has 1 atom stereocenters. The van der Waals surface area contributed by atoms with Gasteiger partial charge in [0, 0.05) is 24.3 Å². The maximum absolute atomic E-state index is 11.3. The molecule has 2 N–H and O–H groups in total. The molecule has 1 heterocycles. The van der Waals surface area contributed by atoms with Gasteiger partial charge in [0.25, 0.3) is 0 Å². The summed E-state index contributed by atoms with van der Waals surface area (Å²) in [5, 5.41) is 0. The van der Waals surface area contributed by atoms with Crippen LogP contribution >= 0.6 is 15.9 Å².